The Morgan fingerprint density at radius 2 is 2.04 bits per heavy atom. The lowest BCUT2D eigenvalue weighted by atomic mass is 10.1. The summed E-state index contributed by atoms with van der Waals surface area (Å²) in [5.74, 6) is 0.705. The van der Waals surface area contributed by atoms with E-state index in [1.165, 1.54) is 6.08 Å². The summed E-state index contributed by atoms with van der Waals surface area (Å²) in [7, 11) is 0. The van der Waals surface area contributed by atoms with Crippen LogP contribution in [0.4, 0.5) is 5.69 Å². The van der Waals surface area contributed by atoms with Crippen molar-refractivity contribution in [1.29, 1.82) is 10.5 Å². The summed E-state index contributed by atoms with van der Waals surface area (Å²) in [5, 5.41) is 20.6. The average molecular weight is 473 g/mol. The van der Waals surface area contributed by atoms with Crippen LogP contribution in [0.15, 0.2) is 48.0 Å². The molecule has 0 aliphatic heterocycles. The zero-order chi connectivity index (χ0) is 19.6. The Labute approximate surface area is 171 Å². The van der Waals surface area contributed by atoms with Gasteiger partial charge in [-0.1, -0.05) is 12.1 Å². The third-order valence-electron chi connectivity index (χ3n) is 3.33. The highest BCUT2D eigenvalue weighted by Gasteiger charge is 2.11. The molecule has 1 amide bonds. The summed E-state index contributed by atoms with van der Waals surface area (Å²) in [5.41, 5.74) is 1.19. The van der Waals surface area contributed by atoms with E-state index in [2.05, 4.69) is 27.9 Å². The monoisotopic (exact) mass is 473 g/mol. The number of nitrogens with one attached hydrogen (secondary N) is 1. The molecule has 0 fully saturated rings. The topological polar surface area (TPSA) is 95.1 Å². The Hall–Kier alpha value is -3.04. The first-order valence-corrected chi connectivity index (χ1v) is 9.10. The third kappa shape index (κ3) is 6.01. The van der Waals surface area contributed by atoms with Crippen molar-refractivity contribution in [3.63, 3.8) is 0 Å². The molecule has 0 aliphatic rings. The maximum atomic E-state index is 12.4. The molecule has 136 valence electrons. The number of benzene rings is 2. The lowest BCUT2D eigenvalue weighted by Gasteiger charge is -2.08. The molecule has 7 heteroatoms. The van der Waals surface area contributed by atoms with Crippen molar-refractivity contribution >= 4 is 40.3 Å². The van der Waals surface area contributed by atoms with Gasteiger partial charge in [0.2, 0.25) is 0 Å². The molecule has 1 N–H and O–H groups in total. The molecular weight excluding hydrogens is 457 g/mol. The Morgan fingerprint density at radius 1 is 1.22 bits per heavy atom. The highest BCUT2D eigenvalue weighted by atomic mass is 127. The molecule has 0 bridgehead atoms. The first kappa shape index (κ1) is 20.3. The highest BCUT2D eigenvalue weighted by Crippen LogP contribution is 2.24. The van der Waals surface area contributed by atoms with Gasteiger partial charge in [-0.3, -0.25) is 4.79 Å². The number of anilines is 1. The fraction of sp³-hybridized carbons (Fsp3) is 0.150. The third-order valence-corrected chi connectivity index (χ3v) is 4.17. The van der Waals surface area contributed by atoms with Crippen molar-refractivity contribution in [2.24, 2.45) is 0 Å². The van der Waals surface area contributed by atoms with Gasteiger partial charge in [-0.25, -0.2) is 0 Å². The summed E-state index contributed by atoms with van der Waals surface area (Å²) in [6, 6.07) is 16.0. The summed E-state index contributed by atoms with van der Waals surface area (Å²) in [6.07, 6.45) is 1.50. The second kappa shape index (κ2) is 10.2. The fourth-order valence-corrected chi connectivity index (χ4v) is 2.87. The zero-order valence-electron chi connectivity index (χ0n) is 14.5. The van der Waals surface area contributed by atoms with Crippen LogP contribution in [0.5, 0.6) is 11.5 Å². The number of nitrogens with zero attached hydrogens (tertiary/aromatic N) is 2. The second-order valence-electron chi connectivity index (χ2n) is 5.22. The van der Waals surface area contributed by atoms with Crippen LogP contribution in [0.3, 0.4) is 0 Å². The van der Waals surface area contributed by atoms with E-state index >= 15 is 0 Å². The quantitative estimate of drug-likeness (QED) is 0.371. The zero-order valence-corrected chi connectivity index (χ0v) is 16.7. The van der Waals surface area contributed by atoms with E-state index in [9.17, 15) is 10.1 Å². The van der Waals surface area contributed by atoms with Crippen LogP contribution in [0, 0.1) is 26.2 Å². The summed E-state index contributed by atoms with van der Waals surface area (Å²) in [6.45, 7) is 2.35. The molecule has 0 aromatic heterocycles. The van der Waals surface area contributed by atoms with E-state index in [0.29, 0.717) is 29.4 Å². The van der Waals surface area contributed by atoms with Crippen LogP contribution in [0.2, 0.25) is 0 Å². The predicted octanol–water partition coefficient (Wildman–Crippen LogP) is 4.14. The number of carbonyl (C=O) groups excluding carboxylic acids is 1. The smallest absolute Gasteiger partial charge is 0.266 e. The number of hydrogen-bond acceptors (Lipinski definition) is 5. The Kier molecular flexibility index (Phi) is 7.65. The minimum Gasteiger partial charge on any atom is -0.494 e. The molecular formula is C20H16IN3O3. The molecule has 0 spiro atoms. The minimum absolute atomic E-state index is 0.0293. The molecule has 2 aromatic carbocycles. The maximum absolute atomic E-state index is 12.4. The van der Waals surface area contributed by atoms with Crippen molar-refractivity contribution in [3.8, 4) is 23.6 Å². The van der Waals surface area contributed by atoms with Gasteiger partial charge in [0, 0.05) is 11.8 Å². The standard InChI is InChI=1S/C20H16IN3O3/c1-2-26-17-5-3-4-16(12-17)24-20(25)15(13-23)10-14-6-7-19(18(21)11-14)27-9-8-22/h3-7,10-12H,2,9H2,1H3,(H,24,25)/b15-10-. The Balaban J connectivity index is 2.17. The highest BCUT2D eigenvalue weighted by molar-refractivity contribution is 14.1. The molecule has 0 aliphatic carbocycles. The van der Waals surface area contributed by atoms with Gasteiger partial charge in [0.15, 0.2) is 6.61 Å². The molecule has 0 unspecified atom stereocenters. The molecule has 0 atom stereocenters. The van der Waals surface area contributed by atoms with Gasteiger partial charge in [0.25, 0.3) is 5.91 Å². The van der Waals surface area contributed by atoms with E-state index in [-0.39, 0.29) is 12.2 Å². The Morgan fingerprint density at radius 3 is 2.70 bits per heavy atom. The second-order valence-corrected chi connectivity index (χ2v) is 6.38. The van der Waals surface area contributed by atoms with Crippen LogP contribution < -0.4 is 14.8 Å². The van der Waals surface area contributed by atoms with Gasteiger partial charge in [-0.15, -0.1) is 0 Å². The molecule has 2 rings (SSSR count). The Bertz CT molecular complexity index is 942. The molecule has 0 saturated heterocycles. The lowest BCUT2D eigenvalue weighted by molar-refractivity contribution is -0.112. The number of nitriles is 2. The summed E-state index contributed by atoms with van der Waals surface area (Å²) >= 11 is 2.07. The SMILES string of the molecule is CCOc1cccc(NC(=O)/C(C#N)=C\c2ccc(OCC#N)c(I)c2)c1. The average Bonchev–Trinajstić information content (AvgIpc) is 2.66. The largest absolute Gasteiger partial charge is 0.494 e. The van der Waals surface area contributed by atoms with Crippen LogP contribution in [0.25, 0.3) is 6.08 Å². The van der Waals surface area contributed by atoms with E-state index in [0.717, 1.165) is 3.57 Å². The van der Waals surface area contributed by atoms with Crippen molar-refractivity contribution in [2.75, 3.05) is 18.5 Å². The van der Waals surface area contributed by atoms with Gasteiger partial charge in [-0.05, 0) is 65.4 Å². The van der Waals surface area contributed by atoms with Crippen molar-refractivity contribution in [1.82, 2.24) is 0 Å². The van der Waals surface area contributed by atoms with Crippen molar-refractivity contribution in [2.45, 2.75) is 6.92 Å². The minimum atomic E-state index is -0.508. The van der Waals surface area contributed by atoms with Gasteiger partial charge >= 0.3 is 0 Å². The van der Waals surface area contributed by atoms with E-state index in [1.54, 1.807) is 42.5 Å². The van der Waals surface area contributed by atoms with Gasteiger partial charge < -0.3 is 14.8 Å². The van der Waals surface area contributed by atoms with E-state index < -0.39 is 5.91 Å². The molecule has 2 aromatic rings. The molecule has 6 nitrogen and oxygen atoms in total. The van der Waals surface area contributed by atoms with Crippen LogP contribution in [0.1, 0.15) is 12.5 Å². The lowest BCUT2D eigenvalue weighted by Crippen LogP contribution is -2.13. The van der Waals surface area contributed by atoms with Gasteiger partial charge in [0.1, 0.15) is 29.2 Å². The van der Waals surface area contributed by atoms with Crippen molar-refractivity contribution in [3.05, 3.63) is 57.2 Å². The van der Waals surface area contributed by atoms with E-state index in [1.807, 2.05) is 19.1 Å². The van der Waals surface area contributed by atoms with Crippen molar-refractivity contribution < 1.29 is 14.3 Å². The number of halogens is 1. The number of rotatable bonds is 7. The molecule has 0 saturated carbocycles. The first-order chi connectivity index (χ1) is 13.1. The van der Waals surface area contributed by atoms with Crippen LogP contribution in [-0.2, 0) is 4.79 Å². The van der Waals surface area contributed by atoms with Gasteiger partial charge in [-0.2, -0.15) is 10.5 Å². The molecule has 27 heavy (non-hydrogen) atoms. The fourth-order valence-electron chi connectivity index (χ4n) is 2.18. The number of hydrogen-bond donors (Lipinski definition) is 1. The number of carbonyl (C=O) groups is 1. The normalized spacial score (nSPS) is 10.4. The van der Waals surface area contributed by atoms with Crippen LogP contribution in [-0.4, -0.2) is 19.1 Å². The number of amides is 1. The first-order valence-electron chi connectivity index (χ1n) is 8.02. The predicted molar refractivity (Wildman–Crippen MR) is 110 cm³/mol. The van der Waals surface area contributed by atoms with Crippen LogP contribution >= 0.6 is 22.6 Å². The summed E-state index contributed by atoms with van der Waals surface area (Å²) < 4.78 is 11.5. The molecule has 0 radical (unpaired) electrons. The van der Waals surface area contributed by atoms with E-state index in [4.69, 9.17) is 14.7 Å². The van der Waals surface area contributed by atoms with Gasteiger partial charge in [0.05, 0.1) is 10.2 Å². The maximum Gasteiger partial charge on any atom is 0.266 e. The summed E-state index contributed by atoms with van der Waals surface area (Å²) in [4.78, 5) is 12.4. The molecule has 0 heterocycles. The number of ether oxygens (including phenoxy) is 2.